The van der Waals surface area contributed by atoms with Crippen molar-refractivity contribution in [2.45, 2.75) is 25.8 Å². The molecule has 0 bridgehead atoms. The van der Waals surface area contributed by atoms with Gasteiger partial charge in [0.2, 0.25) is 0 Å². The predicted octanol–water partition coefficient (Wildman–Crippen LogP) is 1.69. The Kier molecular flexibility index (Phi) is 5.33. The minimum absolute atomic E-state index is 0.113. The highest BCUT2D eigenvalue weighted by atomic mass is 16.5. The molecule has 1 amide bonds. The molecule has 1 N–H and O–H groups in total. The molecule has 0 spiro atoms. The first kappa shape index (κ1) is 15.5. The van der Waals surface area contributed by atoms with Crippen LogP contribution in [-0.2, 0) is 4.74 Å². The lowest BCUT2D eigenvalue weighted by molar-refractivity contribution is 0.0600. The van der Waals surface area contributed by atoms with Crippen LogP contribution < -0.4 is 5.32 Å². The van der Waals surface area contributed by atoms with Crippen LogP contribution >= 0.6 is 0 Å². The molecule has 0 atom stereocenters. The summed E-state index contributed by atoms with van der Waals surface area (Å²) >= 11 is 0. The Hall–Kier alpha value is -1.88. The zero-order valence-electron chi connectivity index (χ0n) is 12.6. The van der Waals surface area contributed by atoms with Crippen molar-refractivity contribution < 1.29 is 14.3 Å². The summed E-state index contributed by atoms with van der Waals surface area (Å²) in [5, 5.41) is 2.91. The van der Waals surface area contributed by atoms with Crippen LogP contribution in [0.15, 0.2) is 24.3 Å². The fourth-order valence-electron chi connectivity index (χ4n) is 2.33. The number of benzene rings is 1. The number of esters is 1. The molecular formula is C16H22N2O3. The van der Waals surface area contributed by atoms with E-state index in [0.29, 0.717) is 23.7 Å². The van der Waals surface area contributed by atoms with Crippen molar-refractivity contribution in [3.63, 3.8) is 0 Å². The first-order valence-electron chi connectivity index (χ1n) is 7.36. The lowest BCUT2D eigenvalue weighted by atomic mass is 10.1. The summed E-state index contributed by atoms with van der Waals surface area (Å²) in [6, 6.07) is 7.19. The Morgan fingerprint density at radius 1 is 1.24 bits per heavy atom. The highest BCUT2D eigenvalue weighted by Gasteiger charge is 2.27. The minimum atomic E-state index is -0.398. The number of ether oxygens (including phenoxy) is 1. The SMILES string of the molecule is CCN(CCNC(=O)c1ccc(C(=O)OC)cc1)C1CC1. The fraction of sp³-hybridized carbons (Fsp3) is 0.500. The number of likely N-dealkylation sites (N-methyl/N-ethyl adjacent to an activating group) is 1. The Morgan fingerprint density at radius 2 is 1.86 bits per heavy atom. The van der Waals surface area contributed by atoms with Crippen molar-refractivity contribution in [3.05, 3.63) is 35.4 Å². The molecule has 0 saturated heterocycles. The molecule has 114 valence electrons. The van der Waals surface area contributed by atoms with E-state index in [2.05, 4.69) is 21.9 Å². The van der Waals surface area contributed by atoms with Crippen LogP contribution in [0, 0.1) is 0 Å². The number of nitrogens with zero attached hydrogens (tertiary/aromatic N) is 1. The van der Waals surface area contributed by atoms with Crippen LogP contribution in [0.5, 0.6) is 0 Å². The molecule has 0 heterocycles. The number of methoxy groups -OCH3 is 1. The molecule has 0 radical (unpaired) electrons. The Labute approximate surface area is 125 Å². The first-order chi connectivity index (χ1) is 10.2. The van der Waals surface area contributed by atoms with Crippen molar-refractivity contribution in [2.24, 2.45) is 0 Å². The van der Waals surface area contributed by atoms with Crippen LogP contribution in [0.2, 0.25) is 0 Å². The quantitative estimate of drug-likeness (QED) is 0.776. The van der Waals surface area contributed by atoms with E-state index in [4.69, 9.17) is 0 Å². The average Bonchev–Trinajstić information content (AvgIpc) is 3.35. The summed E-state index contributed by atoms with van der Waals surface area (Å²) in [6.07, 6.45) is 2.55. The number of rotatable bonds is 7. The van der Waals surface area contributed by atoms with Gasteiger partial charge in [-0.05, 0) is 43.7 Å². The van der Waals surface area contributed by atoms with Gasteiger partial charge in [-0.2, -0.15) is 0 Å². The highest BCUT2D eigenvalue weighted by Crippen LogP contribution is 2.25. The standard InChI is InChI=1S/C16H22N2O3/c1-3-18(14-8-9-14)11-10-17-15(19)12-4-6-13(7-5-12)16(20)21-2/h4-7,14H,3,8-11H2,1-2H3,(H,17,19). The summed E-state index contributed by atoms with van der Waals surface area (Å²) in [5.41, 5.74) is 0.997. The average molecular weight is 290 g/mol. The second-order valence-corrected chi connectivity index (χ2v) is 5.18. The summed E-state index contributed by atoms with van der Waals surface area (Å²) in [5.74, 6) is -0.511. The van der Waals surface area contributed by atoms with Gasteiger partial charge in [0.1, 0.15) is 0 Å². The van der Waals surface area contributed by atoms with Crippen LogP contribution in [0.3, 0.4) is 0 Å². The maximum Gasteiger partial charge on any atom is 0.337 e. The third kappa shape index (κ3) is 4.29. The van der Waals surface area contributed by atoms with E-state index in [-0.39, 0.29) is 5.91 Å². The van der Waals surface area contributed by atoms with E-state index < -0.39 is 5.97 Å². The van der Waals surface area contributed by atoms with Crippen molar-refractivity contribution in [2.75, 3.05) is 26.7 Å². The molecule has 1 aliphatic rings. The van der Waals surface area contributed by atoms with Gasteiger partial charge in [-0.3, -0.25) is 9.69 Å². The summed E-state index contributed by atoms with van der Waals surface area (Å²) in [7, 11) is 1.34. The van der Waals surface area contributed by atoms with Gasteiger partial charge >= 0.3 is 5.97 Å². The Balaban J connectivity index is 1.81. The zero-order chi connectivity index (χ0) is 15.2. The van der Waals surface area contributed by atoms with Gasteiger partial charge in [-0.25, -0.2) is 4.79 Å². The van der Waals surface area contributed by atoms with E-state index in [1.807, 2.05) is 0 Å². The van der Waals surface area contributed by atoms with Gasteiger partial charge in [0.25, 0.3) is 5.91 Å². The van der Waals surface area contributed by atoms with Gasteiger partial charge < -0.3 is 10.1 Å². The van der Waals surface area contributed by atoms with Gasteiger partial charge in [0.05, 0.1) is 12.7 Å². The van der Waals surface area contributed by atoms with Gasteiger partial charge in [0, 0.05) is 24.7 Å². The maximum absolute atomic E-state index is 12.0. The van der Waals surface area contributed by atoms with Crippen LogP contribution in [0.1, 0.15) is 40.5 Å². The molecule has 5 heteroatoms. The van der Waals surface area contributed by atoms with Crippen molar-refractivity contribution in [1.29, 1.82) is 0 Å². The molecule has 5 nitrogen and oxygen atoms in total. The largest absolute Gasteiger partial charge is 0.465 e. The van der Waals surface area contributed by atoms with Crippen molar-refractivity contribution >= 4 is 11.9 Å². The van der Waals surface area contributed by atoms with Crippen molar-refractivity contribution in [3.8, 4) is 0 Å². The molecule has 0 unspecified atom stereocenters. The number of nitrogens with one attached hydrogen (secondary N) is 1. The van der Waals surface area contributed by atoms with E-state index >= 15 is 0 Å². The predicted molar refractivity (Wildman–Crippen MR) is 80.4 cm³/mol. The van der Waals surface area contributed by atoms with Crippen LogP contribution in [0.4, 0.5) is 0 Å². The van der Waals surface area contributed by atoms with Crippen LogP contribution in [0.25, 0.3) is 0 Å². The second kappa shape index (κ2) is 7.22. The maximum atomic E-state index is 12.0. The summed E-state index contributed by atoms with van der Waals surface area (Å²) < 4.78 is 4.62. The monoisotopic (exact) mass is 290 g/mol. The first-order valence-corrected chi connectivity index (χ1v) is 7.36. The zero-order valence-corrected chi connectivity index (χ0v) is 12.6. The third-order valence-electron chi connectivity index (χ3n) is 3.72. The minimum Gasteiger partial charge on any atom is -0.465 e. The second-order valence-electron chi connectivity index (χ2n) is 5.18. The number of carbonyl (C=O) groups is 2. The van der Waals surface area contributed by atoms with E-state index in [9.17, 15) is 9.59 Å². The molecule has 1 aromatic rings. The molecule has 1 aliphatic carbocycles. The molecule has 0 aliphatic heterocycles. The van der Waals surface area contributed by atoms with Gasteiger partial charge in [-0.15, -0.1) is 0 Å². The number of hydrogen-bond acceptors (Lipinski definition) is 4. The summed E-state index contributed by atoms with van der Waals surface area (Å²) in [4.78, 5) is 25.7. The van der Waals surface area contributed by atoms with E-state index in [0.717, 1.165) is 13.1 Å². The lowest BCUT2D eigenvalue weighted by Gasteiger charge is -2.19. The normalized spacial score (nSPS) is 14.0. The molecular weight excluding hydrogens is 268 g/mol. The molecule has 21 heavy (non-hydrogen) atoms. The van der Waals surface area contributed by atoms with Gasteiger partial charge in [-0.1, -0.05) is 6.92 Å². The summed E-state index contributed by atoms with van der Waals surface area (Å²) in [6.45, 7) is 4.69. The number of hydrogen-bond donors (Lipinski definition) is 1. The van der Waals surface area contributed by atoms with E-state index in [1.54, 1.807) is 24.3 Å². The topological polar surface area (TPSA) is 58.6 Å². The molecule has 2 rings (SSSR count). The molecule has 0 aromatic heterocycles. The van der Waals surface area contributed by atoms with Gasteiger partial charge in [0.15, 0.2) is 0 Å². The Bertz CT molecular complexity index is 495. The molecule has 1 fully saturated rings. The van der Waals surface area contributed by atoms with Crippen LogP contribution in [-0.4, -0.2) is 49.6 Å². The number of amides is 1. The van der Waals surface area contributed by atoms with E-state index in [1.165, 1.54) is 20.0 Å². The highest BCUT2D eigenvalue weighted by molar-refractivity contribution is 5.96. The fourth-order valence-corrected chi connectivity index (χ4v) is 2.33. The smallest absolute Gasteiger partial charge is 0.337 e. The Morgan fingerprint density at radius 3 is 2.38 bits per heavy atom. The molecule has 1 aromatic carbocycles. The van der Waals surface area contributed by atoms with Crippen molar-refractivity contribution in [1.82, 2.24) is 10.2 Å². The molecule has 1 saturated carbocycles. The third-order valence-corrected chi connectivity index (χ3v) is 3.72. The lowest BCUT2D eigenvalue weighted by Crippen LogP contribution is -2.36. The number of carbonyl (C=O) groups excluding carboxylic acids is 2.